The molecule has 2 aromatic rings. The van der Waals surface area contributed by atoms with Crippen molar-refractivity contribution in [1.82, 2.24) is 10.3 Å². The van der Waals surface area contributed by atoms with Crippen molar-refractivity contribution in [3.05, 3.63) is 62.9 Å². The van der Waals surface area contributed by atoms with E-state index < -0.39 is 11.5 Å². The summed E-state index contributed by atoms with van der Waals surface area (Å²) in [5, 5.41) is 14.6. The van der Waals surface area contributed by atoms with E-state index in [1.54, 1.807) is 24.3 Å². The average molecular weight is 379 g/mol. The summed E-state index contributed by atoms with van der Waals surface area (Å²) in [4.78, 5) is 28.7. The molecule has 0 saturated carbocycles. The van der Waals surface area contributed by atoms with Crippen molar-refractivity contribution < 1.29 is 14.7 Å². The highest BCUT2D eigenvalue weighted by molar-refractivity contribution is 6.35. The zero-order valence-corrected chi connectivity index (χ0v) is 15.0. The van der Waals surface area contributed by atoms with Crippen LogP contribution in [0.2, 0.25) is 10.0 Å². The predicted octanol–water partition coefficient (Wildman–Crippen LogP) is 3.18. The Kier molecular flexibility index (Phi) is 4.82. The monoisotopic (exact) mass is 378 g/mol. The average Bonchev–Trinajstić information content (AvgIpc) is 2.57. The highest BCUT2D eigenvalue weighted by atomic mass is 35.5. The number of nitrogens with one attached hydrogen (secondary N) is 1. The van der Waals surface area contributed by atoms with Crippen molar-refractivity contribution in [2.75, 3.05) is 0 Å². The van der Waals surface area contributed by atoms with E-state index in [2.05, 4.69) is 10.3 Å². The minimum absolute atomic E-state index is 0.0176. The second-order valence-electron chi connectivity index (χ2n) is 6.05. The van der Waals surface area contributed by atoms with E-state index in [0.717, 1.165) is 11.1 Å². The first-order chi connectivity index (χ1) is 11.8. The molecule has 1 heterocycles. The molecule has 3 rings (SSSR count). The summed E-state index contributed by atoms with van der Waals surface area (Å²) in [6.07, 6.45) is 1.55. The number of Topliss-reactive ketones (excluding diaryl/α,β-unsaturated/α-hetero) is 1. The first-order valence-electron chi connectivity index (χ1n) is 7.77. The van der Waals surface area contributed by atoms with Crippen molar-refractivity contribution in [1.29, 1.82) is 0 Å². The van der Waals surface area contributed by atoms with Crippen molar-refractivity contribution in [3.63, 3.8) is 0 Å². The summed E-state index contributed by atoms with van der Waals surface area (Å²) >= 11 is 12.1. The second kappa shape index (κ2) is 6.75. The third-order valence-electron chi connectivity index (χ3n) is 4.42. The standard InChI is InChI=1S/C18H16Cl2N2O3/c1-10-7-11(19)8-14(20)12(10)9-22-17(24)18(25)5-4-15(23)16-13(18)3-2-6-21-16/h2-3,6-8,25H,4-5,9H2,1H3,(H,22,24). The van der Waals surface area contributed by atoms with E-state index in [9.17, 15) is 14.7 Å². The van der Waals surface area contributed by atoms with Gasteiger partial charge in [-0.15, -0.1) is 0 Å². The van der Waals surface area contributed by atoms with Crippen LogP contribution in [0.5, 0.6) is 0 Å². The van der Waals surface area contributed by atoms with Gasteiger partial charge in [0.2, 0.25) is 0 Å². The number of halogens is 2. The van der Waals surface area contributed by atoms with Gasteiger partial charge >= 0.3 is 0 Å². The number of amides is 1. The summed E-state index contributed by atoms with van der Waals surface area (Å²) < 4.78 is 0. The van der Waals surface area contributed by atoms with Gasteiger partial charge in [-0.05, 0) is 42.7 Å². The van der Waals surface area contributed by atoms with Crippen LogP contribution in [0.1, 0.15) is 40.0 Å². The molecule has 7 heteroatoms. The summed E-state index contributed by atoms with van der Waals surface area (Å²) in [6.45, 7) is 1.99. The fourth-order valence-electron chi connectivity index (χ4n) is 3.02. The zero-order valence-electron chi connectivity index (χ0n) is 13.5. The smallest absolute Gasteiger partial charge is 0.256 e. The van der Waals surface area contributed by atoms with Gasteiger partial charge in [0.1, 0.15) is 5.69 Å². The quantitative estimate of drug-likeness (QED) is 0.859. The SMILES string of the molecule is Cc1cc(Cl)cc(Cl)c1CNC(=O)C1(O)CCC(=O)c2ncccc21. The third kappa shape index (κ3) is 3.27. The molecular weight excluding hydrogens is 363 g/mol. The summed E-state index contributed by atoms with van der Waals surface area (Å²) in [7, 11) is 0. The fraction of sp³-hybridized carbons (Fsp3) is 0.278. The molecule has 1 aliphatic rings. The molecule has 130 valence electrons. The molecular formula is C18H16Cl2N2O3. The van der Waals surface area contributed by atoms with Crippen LogP contribution in [-0.2, 0) is 16.9 Å². The summed E-state index contributed by atoms with van der Waals surface area (Å²) in [6, 6.07) is 6.50. The second-order valence-corrected chi connectivity index (χ2v) is 6.89. The van der Waals surface area contributed by atoms with Crippen LogP contribution in [0.25, 0.3) is 0 Å². The first-order valence-corrected chi connectivity index (χ1v) is 8.52. The molecule has 0 aliphatic heterocycles. The number of nitrogens with zero attached hydrogens (tertiary/aromatic N) is 1. The molecule has 1 atom stereocenters. The molecule has 1 aromatic heterocycles. The van der Waals surface area contributed by atoms with E-state index in [-0.39, 0.29) is 36.4 Å². The van der Waals surface area contributed by atoms with E-state index in [0.29, 0.717) is 10.0 Å². The maximum absolute atomic E-state index is 12.7. The summed E-state index contributed by atoms with van der Waals surface area (Å²) in [5.74, 6) is -0.760. The van der Waals surface area contributed by atoms with Crippen LogP contribution in [0.3, 0.4) is 0 Å². The maximum Gasteiger partial charge on any atom is 0.256 e. The van der Waals surface area contributed by atoms with E-state index in [1.165, 1.54) is 6.20 Å². The minimum Gasteiger partial charge on any atom is -0.375 e. The molecule has 0 spiro atoms. The molecule has 25 heavy (non-hydrogen) atoms. The Bertz CT molecular complexity index is 846. The third-order valence-corrected chi connectivity index (χ3v) is 4.97. The number of carbonyl (C=O) groups excluding carboxylic acids is 2. The van der Waals surface area contributed by atoms with Crippen molar-refractivity contribution in [2.45, 2.75) is 31.9 Å². The van der Waals surface area contributed by atoms with Gasteiger partial charge in [0, 0.05) is 34.8 Å². The Morgan fingerprint density at radius 1 is 1.40 bits per heavy atom. The normalized spacial score (nSPS) is 19.4. The Balaban J connectivity index is 1.85. The highest BCUT2D eigenvalue weighted by Gasteiger charge is 2.44. The molecule has 0 bridgehead atoms. The Morgan fingerprint density at radius 2 is 2.16 bits per heavy atom. The van der Waals surface area contributed by atoms with Gasteiger partial charge in [0.25, 0.3) is 5.91 Å². The lowest BCUT2D eigenvalue weighted by Gasteiger charge is -2.31. The predicted molar refractivity (Wildman–Crippen MR) is 94.7 cm³/mol. The van der Waals surface area contributed by atoms with Gasteiger partial charge in [0.05, 0.1) is 0 Å². The number of benzene rings is 1. The number of pyridine rings is 1. The van der Waals surface area contributed by atoms with Gasteiger partial charge in [-0.3, -0.25) is 14.6 Å². The first kappa shape index (κ1) is 17.9. The summed E-state index contributed by atoms with van der Waals surface area (Å²) in [5.41, 5.74) is 0.159. The van der Waals surface area contributed by atoms with Crippen LogP contribution < -0.4 is 5.32 Å². The Morgan fingerprint density at radius 3 is 2.88 bits per heavy atom. The van der Waals surface area contributed by atoms with E-state index in [1.807, 2.05) is 6.92 Å². The number of hydrogen-bond donors (Lipinski definition) is 2. The van der Waals surface area contributed by atoms with Crippen LogP contribution in [-0.4, -0.2) is 21.8 Å². The van der Waals surface area contributed by atoms with Crippen LogP contribution in [0, 0.1) is 6.92 Å². The Labute approximate surface area is 155 Å². The van der Waals surface area contributed by atoms with Crippen molar-refractivity contribution in [2.24, 2.45) is 0 Å². The topological polar surface area (TPSA) is 79.3 Å². The molecule has 1 unspecified atom stereocenters. The molecule has 0 radical (unpaired) electrons. The molecule has 1 aliphatic carbocycles. The van der Waals surface area contributed by atoms with Crippen LogP contribution in [0.4, 0.5) is 0 Å². The fourth-order valence-corrected chi connectivity index (χ4v) is 3.68. The number of ketones is 1. The molecule has 1 amide bonds. The van der Waals surface area contributed by atoms with Crippen LogP contribution in [0.15, 0.2) is 30.5 Å². The number of aryl methyl sites for hydroxylation is 1. The lowest BCUT2D eigenvalue weighted by atomic mass is 9.80. The molecule has 1 aromatic carbocycles. The number of aromatic nitrogens is 1. The van der Waals surface area contributed by atoms with Gasteiger partial charge in [-0.25, -0.2) is 0 Å². The number of hydrogen-bond acceptors (Lipinski definition) is 4. The number of fused-ring (bicyclic) bond motifs is 1. The zero-order chi connectivity index (χ0) is 18.2. The highest BCUT2D eigenvalue weighted by Crippen LogP contribution is 2.34. The molecule has 0 fully saturated rings. The number of rotatable bonds is 3. The van der Waals surface area contributed by atoms with Crippen LogP contribution >= 0.6 is 23.2 Å². The lowest BCUT2D eigenvalue weighted by molar-refractivity contribution is -0.142. The Hall–Kier alpha value is -1.95. The van der Waals surface area contributed by atoms with E-state index >= 15 is 0 Å². The van der Waals surface area contributed by atoms with E-state index in [4.69, 9.17) is 23.2 Å². The largest absolute Gasteiger partial charge is 0.375 e. The van der Waals surface area contributed by atoms with Crippen molar-refractivity contribution >= 4 is 34.9 Å². The van der Waals surface area contributed by atoms with Gasteiger partial charge in [-0.1, -0.05) is 29.3 Å². The van der Waals surface area contributed by atoms with Crippen molar-refractivity contribution in [3.8, 4) is 0 Å². The molecule has 0 saturated heterocycles. The maximum atomic E-state index is 12.7. The van der Waals surface area contributed by atoms with Gasteiger partial charge in [-0.2, -0.15) is 0 Å². The molecule has 2 N–H and O–H groups in total. The minimum atomic E-state index is -1.79. The van der Waals surface area contributed by atoms with Gasteiger partial charge < -0.3 is 10.4 Å². The molecule has 5 nitrogen and oxygen atoms in total. The van der Waals surface area contributed by atoms with Gasteiger partial charge in [0.15, 0.2) is 11.4 Å². The number of carbonyl (C=O) groups is 2. The number of aliphatic hydroxyl groups is 1. The lowest BCUT2D eigenvalue weighted by Crippen LogP contribution is -2.47.